The molecule has 1 aliphatic heterocycles. The first-order valence-electron chi connectivity index (χ1n) is 9.02. The van der Waals surface area contributed by atoms with Crippen molar-refractivity contribution >= 4 is 29.2 Å². The van der Waals surface area contributed by atoms with Crippen molar-refractivity contribution in [2.24, 2.45) is 0 Å². The first kappa shape index (κ1) is 20.3. The number of rotatable bonds is 5. The lowest BCUT2D eigenvalue weighted by Crippen LogP contribution is -2.60. The van der Waals surface area contributed by atoms with Gasteiger partial charge in [0.05, 0.1) is 11.4 Å². The number of benzene rings is 2. The van der Waals surface area contributed by atoms with Crippen LogP contribution in [-0.2, 0) is 19.1 Å². The van der Waals surface area contributed by atoms with Crippen LogP contribution in [0.3, 0.4) is 0 Å². The van der Waals surface area contributed by atoms with E-state index in [1.54, 1.807) is 38.1 Å². The summed E-state index contributed by atoms with van der Waals surface area (Å²) in [5.41, 5.74) is -0.146. The molecule has 3 rings (SSSR count). The highest BCUT2D eigenvalue weighted by molar-refractivity contribution is 6.15. The number of carbonyl (C=O) groups excluding carboxylic acids is 3. The maximum atomic E-state index is 13.1. The maximum Gasteiger partial charge on any atom is 0.344 e. The molecule has 7 nitrogen and oxygen atoms in total. The molecule has 1 N–H and O–H groups in total. The Kier molecular flexibility index (Phi) is 5.54. The van der Waals surface area contributed by atoms with Crippen LogP contribution < -0.4 is 15.0 Å². The summed E-state index contributed by atoms with van der Waals surface area (Å²) in [4.78, 5) is 38.9. The van der Waals surface area contributed by atoms with Crippen molar-refractivity contribution in [2.45, 2.75) is 32.4 Å². The van der Waals surface area contributed by atoms with Crippen LogP contribution in [0.5, 0.6) is 5.75 Å². The second kappa shape index (κ2) is 7.90. The molecule has 0 unspecified atom stereocenters. The highest BCUT2D eigenvalue weighted by atomic mass is 19.1. The number of anilines is 2. The number of ether oxygens (including phenoxy) is 2. The third-order valence-corrected chi connectivity index (χ3v) is 4.55. The number of hydrogen-bond donors (Lipinski definition) is 1. The summed E-state index contributed by atoms with van der Waals surface area (Å²) in [6.45, 7) is 4.22. The van der Waals surface area contributed by atoms with Crippen molar-refractivity contribution in [2.75, 3.05) is 16.8 Å². The van der Waals surface area contributed by atoms with Gasteiger partial charge in [-0.3, -0.25) is 14.5 Å². The molecule has 2 amide bonds. The van der Waals surface area contributed by atoms with Gasteiger partial charge < -0.3 is 14.8 Å². The van der Waals surface area contributed by atoms with E-state index >= 15 is 0 Å². The van der Waals surface area contributed by atoms with Crippen molar-refractivity contribution in [3.05, 3.63) is 54.3 Å². The van der Waals surface area contributed by atoms with Crippen LogP contribution in [0, 0.1) is 5.82 Å². The molecule has 2 aromatic rings. The number of nitrogens with one attached hydrogen (secondary N) is 1. The minimum Gasteiger partial charge on any atom is -0.482 e. The summed E-state index contributed by atoms with van der Waals surface area (Å²) in [6, 6.07) is 12.1. The Balaban J connectivity index is 1.69. The molecule has 2 aromatic carbocycles. The Morgan fingerprint density at radius 1 is 1.14 bits per heavy atom. The molecular weight excluding hydrogens is 379 g/mol. The zero-order valence-corrected chi connectivity index (χ0v) is 16.3. The van der Waals surface area contributed by atoms with Crippen LogP contribution in [-0.4, -0.2) is 36.0 Å². The van der Waals surface area contributed by atoms with Gasteiger partial charge in [-0.05, 0) is 57.2 Å². The number of para-hydroxylation sites is 2. The number of esters is 1. The molecule has 0 spiro atoms. The number of nitrogens with zero attached hydrogens (tertiary/aromatic N) is 1. The lowest BCUT2D eigenvalue weighted by molar-refractivity contribution is -0.156. The predicted octanol–water partition coefficient (Wildman–Crippen LogP) is 2.90. The first-order chi connectivity index (χ1) is 13.7. The highest BCUT2D eigenvalue weighted by Gasteiger charge is 2.45. The molecule has 0 aliphatic carbocycles. The quantitative estimate of drug-likeness (QED) is 0.780. The maximum absolute atomic E-state index is 13.1. The van der Waals surface area contributed by atoms with E-state index in [4.69, 9.17) is 9.47 Å². The van der Waals surface area contributed by atoms with Crippen molar-refractivity contribution in [3.63, 3.8) is 0 Å². The predicted molar refractivity (Wildman–Crippen MR) is 104 cm³/mol. The molecule has 0 radical (unpaired) electrons. The average Bonchev–Trinajstić information content (AvgIpc) is 2.68. The Morgan fingerprint density at radius 2 is 1.79 bits per heavy atom. The SMILES string of the molecule is C[C@@H](OC(=O)COc1ccc(F)cc1)C(=O)N1c2ccccc2NC(=O)C1(C)C. The smallest absolute Gasteiger partial charge is 0.344 e. The van der Waals surface area contributed by atoms with Gasteiger partial charge in [0.25, 0.3) is 5.91 Å². The fourth-order valence-corrected chi connectivity index (χ4v) is 2.98. The molecule has 0 fully saturated rings. The fraction of sp³-hybridized carbons (Fsp3) is 0.286. The zero-order chi connectivity index (χ0) is 21.2. The van der Waals surface area contributed by atoms with E-state index in [1.807, 2.05) is 0 Å². The van der Waals surface area contributed by atoms with E-state index in [2.05, 4.69) is 5.32 Å². The summed E-state index contributed by atoms with van der Waals surface area (Å²) in [7, 11) is 0. The molecule has 1 atom stereocenters. The van der Waals surface area contributed by atoms with Crippen molar-refractivity contribution in [1.29, 1.82) is 0 Å². The molecule has 8 heteroatoms. The minimum absolute atomic E-state index is 0.296. The lowest BCUT2D eigenvalue weighted by atomic mass is 9.95. The molecule has 1 heterocycles. The van der Waals surface area contributed by atoms with E-state index in [1.165, 1.54) is 36.1 Å². The summed E-state index contributed by atoms with van der Waals surface area (Å²) in [5, 5.41) is 2.77. The van der Waals surface area contributed by atoms with E-state index in [0.29, 0.717) is 17.1 Å². The molecular formula is C21H21FN2O5. The average molecular weight is 400 g/mol. The van der Waals surface area contributed by atoms with Gasteiger partial charge in [0.15, 0.2) is 12.7 Å². The number of carbonyl (C=O) groups is 3. The Bertz CT molecular complexity index is 942. The van der Waals surface area contributed by atoms with Gasteiger partial charge in [0, 0.05) is 0 Å². The van der Waals surface area contributed by atoms with Crippen molar-refractivity contribution < 1.29 is 28.2 Å². The van der Waals surface area contributed by atoms with Crippen molar-refractivity contribution in [3.8, 4) is 5.75 Å². The molecule has 1 aliphatic rings. The monoisotopic (exact) mass is 400 g/mol. The van der Waals surface area contributed by atoms with Gasteiger partial charge in [0.2, 0.25) is 5.91 Å². The number of hydrogen-bond acceptors (Lipinski definition) is 5. The molecule has 0 aromatic heterocycles. The Morgan fingerprint density at radius 3 is 2.48 bits per heavy atom. The van der Waals surface area contributed by atoms with Crippen LogP contribution in [0.1, 0.15) is 20.8 Å². The van der Waals surface area contributed by atoms with Crippen LogP contribution in [0.4, 0.5) is 15.8 Å². The molecule has 0 saturated heterocycles. The topological polar surface area (TPSA) is 84.9 Å². The van der Waals surface area contributed by atoms with Gasteiger partial charge in [-0.2, -0.15) is 0 Å². The van der Waals surface area contributed by atoms with Crippen LogP contribution in [0.15, 0.2) is 48.5 Å². The van der Waals surface area contributed by atoms with Gasteiger partial charge in [0.1, 0.15) is 17.1 Å². The minimum atomic E-state index is -1.17. The van der Waals surface area contributed by atoms with Crippen LogP contribution >= 0.6 is 0 Å². The van der Waals surface area contributed by atoms with E-state index in [9.17, 15) is 18.8 Å². The number of amides is 2. The second-order valence-corrected chi connectivity index (χ2v) is 7.08. The van der Waals surface area contributed by atoms with Crippen molar-refractivity contribution in [1.82, 2.24) is 0 Å². The summed E-state index contributed by atoms with van der Waals surface area (Å²) < 4.78 is 23.3. The number of fused-ring (bicyclic) bond motifs is 1. The molecule has 0 bridgehead atoms. The molecule has 29 heavy (non-hydrogen) atoms. The Hall–Kier alpha value is -3.42. The third kappa shape index (κ3) is 4.21. The molecule has 0 saturated carbocycles. The number of halogens is 1. The van der Waals surface area contributed by atoms with Gasteiger partial charge in [-0.15, -0.1) is 0 Å². The normalized spacial score (nSPS) is 15.7. The highest BCUT2D eigenvalue weighted by Crippen LogP contribution is 2.37. The summed E-state index contributed by atoms with van der Waals surface area (Å²) in [5.74, 6) is -1.77. The van der Waals surface area contributed by atoms with E-state index in [0.717, 1.165) is 0 Å². The fourth-order valence-electron chi connectivity index (χ4n) is 2.98. The first-order valence-corrected chi connectivity index (χ1v) is 9.02. The second-order valence-electron chi connectivity index (χ2n) is 7.08. The van der Waals surface area contributed by atoms with Gasteiger partial charge in [-0.25, -0.2) is 9.18 Å². The van der Waals surface area contributed by atoms with E-state index in [-0.39, 0.29) is 5.91 Å². The standard InChI is InChI=1S/C21H21FN2O5/c1-13(29-18(25)12-28-15-10-8-14(22)9-11-15)19(26)24-17-7-5-4-6-16(17)23-20(27)21(24,2)3/h4-11,13H,12H2,1-3H3,(H,23,27)/t13-/m1/s1. The summed E-state index contributed by atoms with van der Waals surface area (Å²) >= 11 is 0. The van der Waals surface area contributed by atoms with Gasteiger partial charge in [-0.1, -0.05) is 12.1 Å². The largest absolute Gasteiger partial charge is 0.482 e. The summed E-state index contributed by atoms with van der Waals surface area (Å²) in [6.07, 6.45) is -1.14. The van der Waals surface area contributed by atoms with Crippen LogP contribution in [0.25, 0.3) is 0 Å². The zero-order valence-electron chi connectivity index (χ0n) is 16.3. The molecule has 152 valence electrons. The van der Waals surface area contributed by atoms with E-state index < -0.39 is 35.9 Å². The Labute approximate surface area is 167 Å². The van der Waals surface area contributed by atoms with Crippen LogP contribution in [0.2, 0.25) is 0 Å². The third-order valence-electron chi connectivity index (χ3n) is 4.55. The lowest BCUT2D eigenvalue weighted by Gasteiger charge is -2.42. The van der Waals surface area contributed by atoms with Gasteiger partial charge >= 0.3 is 5.97 Å².